The number of methoxy groups -OCH3 is 1. The van der Waals surface area contributed by atoms with Gasteiger partial charge in [0.05, 0.1) is 22.7 Å². The second kappa shape index (κ2) is 14.5. The number of nitrogens with one attached hydrogen (secondary N) is 1. The third kappa shape index (κ3) is 7.91. The first kappa shape index (κ1) is 32.0. The molecule has 0 atom stereocenters. The van der Waals surface area contributed by atoms with Gasteiger partial charge in [0.25, 0.3) is 5.91 Å². The van der Waals surface area contributed by atoms with E-state index in [-0.39, 0.29) is 41.5 Å². The highest BCUT2D eigenvalue weighted by Crippen LogP contribution is 2.41. The van der Waals surface area contributed by atoms with Crippen LogP contribution in [0.25, 0.3) is 0 Å². The van der Waals surface area contributed by atoms with Crippen LogP contribution in [0.5, 0.6) is 17.2 Å². The minimum atomic E-state index is -3.87. The van der Waals surface area contributed by atoms with Crippen molar-refractivity contribution >= 4 is 59.4 Å². The molecule has 3 aromatic rings. The van der Waals surface area contributed by atoms with Gasteiger partial charge in [-0.2, -0.15) is 0 Å². The Hall–Kier alpha value is -2.93. The Bertz CT molecular complexity index is 1500. The molecule has 3 aromatic carbocycles. The van der Waals surface area contributed by atoms with Crippen LogP contribution in [0.15, 0.2) is 74.5 Å². The molecule has 0 aromatic heterocycles. The maximum absolute atomic E-state index is 13.4. The molecule has 0 bridgehead atoms. The van der Waals surface area contributed by atoms with Gasteiger partial charge in [-0.15, -0.1) is 0 Å². The summed E-state index contributed by atoms with van der Waals surface area (Å²) in [5.74, 6) is -0.128. The lowest BCUT2D eigenvalue weighted by Gasteiger charge is -2.24. The van der Waals surface area contributed by atoms with Crippen molar-refractivity contribution in [3.8, 4) is 17.2 Å². The number of esters is 1. The van der Waals surface area contributed by atoms with Crippen molar-refractivity contribution in [1.82, 2.24) is 4.72 Å². The summed E-state index contributed by atoms with van der Waals surface area (Å²) in [6.07, 6.45) is 4.67. The Labute approximate surface area is 262 Å². The summed E-state index contributed by atoms with van der Waals surface area (Å²) in [6.45, 7) is 1.58. The molecule has 4 rings (SSSR count). The van der Waals surface area contributed by atoms with Crippen molar-refractivity contribution in [3.63, 3.8) is 0 Å². The SMILES string of the molecule is CCOC(=O)CN(C(=O)c1ccccc1)c1cc(Br)c(Oc2ccc(OC)c(S(=O)(=O)NC3CCCCC3)c2)c(Br)c1. The molecule has 0 saturated heterocycles. The van der Waals surface area contributed by atoms with Gasteiger partial charge in [0.15, 0.2) is 5.75 Å². The van der Waals surface area contributed by atoms with Crippen molar-refractivity contribution in [2.45, 2.75) is 50.0 Å². The third-order valence-electron chi connectivity index (χ3n) is 6.72. The van der Waals surface area contributed by atoms with Crippen LogP contribution >= 0.6 is 31.9 Å². The van der Waals surface area contributed by atoms with Gasteiger partial charge >= 0.3 is 5.97 Å². The highest BCUT2D eigenvalue weighted by molar-refractivity contribution is 9.11. The fraction of sp³-hybridized carbons (Fsp3) is 0.333. The lowest BCUT2D eigenvalue weighted by molar-refractivity contribution is -0.141. The van der Waals surface area contributed by atoms with E-state index in [1.807, 2.05) is 0 Å². The number of rotatable bonds is 11. The van der Waals surface area contributed by atoms with Crippen LogP contribution in [-0.4, -0.2) is 46.6 Å². The molecule has 9 nitrogen and oxygen atoms in total. The number of carbonyl (C=O) groups is 2. The maximum Gasteiger partial charge on any atom is 0.326 e. The monoisotopic (exact) mass is 722 g/mol. The Morgan fingerprint density at radius 3 is 2.26 bits per heavy atom. The predicted molar refractivity (Wildman–Crippen MR) is 167 cm³/mol. The molecule has 1 fully saturated rings. The molecule has 0 heterocycles. The Kier molecular flexibility index (Phi) is 11.0. The zero-order valence-corrected chi connectivity index (χ0v) is 27.3. The van der Waals surface area contributed by atoms with E-state index in [2.05, 4.69) is 36.6 Å². The number of amides is 1. The minimum Gasteiger partial charge on any atom is -0.495 e. The van der Waals surface area contributed by atoms with Gasteiger partial charge in [-0.1, -0.05) is 37.5 Å². The van der Waals surface area contributed by atoms with E-state index in [0.717, 1.165) is 32.1 Å². The molecule has 1 aliphatic rings. The van der Waals surface area contributed by atoms with Crippen molar-refractivity contribution in [1.29, 1.82) is 0 Å². The number of hydrogen-bond donors (Lipinski definition) is 1. The highest BCUT2D eigenvalue weighted by atomic mass is 79.9. The van der Waals surface area contributed by atoms with Gasteiger partial charge in [0.1, 0.15) is 22.9 Å². The summed E-state index contributed by atoms with van der Waals surface area (Å²) >= 11 is 7.03. The van der Waals surface area contributed by atoms with Gasteiger partial charge in [0, 0.05) is 23.4 Å². The molecule has 1 aliphatic carbocycles. The fourth-order valence-corrected chi connectivity index (χ4v) is 7.52. The first-order chi connectivity index (χ1) is 20.1. The van der Waals surface area contributed by atoms with E-state index in [0.29, 0.717) is 25.9 Å². The number of halogens is 2. The topological polar surface area (TPSA) is 111 Å². The third-order valence-corrected chi connectivity index (χ3v) is 9.44. The quantitative estimate of drug-likeness (QED) is 0.216. The van der Waals surface area contributed by atoms with Crippen molar-refractivity contribution < 1.29 is 32.2 Å². The normalized spacial score (nSPS) is 13.8. The van der Waals surface area contributed by atoms with Crippen LogP contribution in [-0.2, 0) is 19.6 Å². The smallest absolute Gasteiger partial charge is 0.326 e. The van der Waals surface area contributed by atoms with Crippen LogP contribution in [0.1, 0.15) is 49.4 Å². The summed E-state index contributed by atoms with van der Waals surface area (Å²) < 4.78 is 46.9. The number of nitrogens with zero attached hydrogens (tertiary/aromatic N) is 1. The summed E-state index contributed by atoms with van der Waals surface area (Å²) in [4.78, 5) is 27.1. The van der Waals surface area contributed by atoms with E-state index in [1.54, 1.807) is 61.5 Å². The zero-order valence-electron chi connectivity index (χ0n) is 23.3. The molecule has 224 valence electrons. The van der Waals surface area contributed by atoms with Gasteiger partial charge in [-0.25, -0.2) is 13.1 Å². The standard InChI is InChI=1S/C30H32Br2N2O7S/c1-3-40-28(35)19-34(30(36)20-10-6-4-7-11-20)22-16-24(31)29(25(32)17-22)41-23-14-15-26(39-2)27(18-23)42(37,38)33-21-12-8-5-9-13-21/h4,6-7,10-11,14-18,21,33H,3,5,8-9,12-13,19H2,1-2H3. The highest BCUT2D eigenvalue weighted by Gasteiger charge is 2.27. The van der Waals surface area contributed by atoms with Crippen LogP contribution in [0.4, 0.5) is 5.69 Å². The van der Waals surface area contributed by atoms with Crippen LogP contribution < -0.4 is 19.1 Å². The second-order valence-electron chi connectivity index (χ2n) is 9.67. The fourth-order valence-electron chi connectivity index (χ4n) is 4.70. The van der Waals surface area contributed by atoms with Gasteiger partial charge in [0.2, 0.25) is 10.0 Å². The average Bonchev–Trinajstić information content (AvgIpc) is 2.98. The molecule has 1 N–H and O–H groups in total. The van der Waals surface area contributed by atoms with E-state index in [1.165, 1.54) is 18.1 Å². The maximum atomic E-state index is 13.4. The average molecular weight is 724 g/mol. The van der Waals surface area contributed by atoms with Gasteiger partial charge < -0.3 is 14.2 Å². The van der Waals surface area contributed by atoms with Crippen LogP contribution in [0, 0.1) is 0 Å². The van der Waals surface area contributed by atoms with E-state index >= 15 is 0 Å². The molecule has 1 saturated carbocycles. The molecular formula is C30H32Br2N2O7S. The largest absolute Gasteiger partial charge is 0.495 e. The number of carbonyl (C=O) groups excluding carboxylic acids is 2. The molecule has 0 radical (unpaired) electrons. The number of hydrogen-bond acceptors (Lipinski definition) is 7. The van der Waals surface area contributed by atoms with Crippen molar-refractivity contribution in [3.05, 3.63) is 75.2 Å². The number of benzene rings is 3. The lowest BCUT2D eigenvalue weighted by Crippen LogP contribution is -2.36. The Balaban J connectivity index is 1.64. The van der Waals surface area contributed by atoms with Crippen LogP contribution in [0.2, 0.25) is 0 Å². The molecule has 0 spiro atoms. The van der Waals surface area contributed by atoms with E-state index < -0.39 is 16.0 Å². The summed E-state index contributed by atoms with van der Waals surface area (Å²) in [6, 6.07) is 16.4. The minimum absolute atomic E-state index is 0.0222. The second-order valence-corrected chi connectivity index (χ2v) is 13.1. The van der Waals surface area contributed by atoms with Gasteiger partial charge in [-0.3, -0.25) is 14.5 Å². The number of ether oxygens (including phenoxy) is 3. The van der Waals surface area contributed by atoms with Crippen molar-refractivity contribution in [2.75, 3.05) is 25.2 Å². The molecular weight excluding hydrogens is 692 g/mol. The number of sulfonamides is 1. The first-order valence-corrected chi connectivity index (χ1v) is 16.6. The van der Waals surface area contributed by atoms with E-state index in [9.17, 15) is 18.0 Å². The van der Waals surface area contributed by atoms with Crippen molar-refractivity contribution in [2.24, 2.45) is 0 Å². The molecule has 1 amide bonds. The molecule has 42 heavy (non-hydrogen) atoms. The first-order valence-electron chi connectivity index (χ1n) is 13.5. The van der Waals surface area contributed by atoms with Gasteiger partial charge in [-0.05, 0) is 88.0 Å². The summed E-state index contributed by atoms with van der Waals surface area (Å²) in [5.41, 5.74) is 0.820. The predicted octanol–water partition coefficient (Wildman–Crippen LogP) is 6.83. The Morgan fingerprint density at radius 2 is 1.64 bits per heavy atom. The van der Waals surface area contributed by atoms with Crippen LogP contribution in [0.3, 0.4) is 0 Å². The lowest BCUT2D eigenvalue weighted by atomic mass is 9.96. The molecule has 0 unspecified atom stereocenters. The Morgan fingerprint density at radius 1 is 0.976 bits per heavy atom. The molecule has 0 aliphatic heterocycles. The summed E-state index contributed by atoms with van der Waals surface area (Å²) in [5, 5.41) is 0. The van der Waals surface area contributed by atoms with E-state index in [4.69, 9.17) is 14.2 Å². The number of anilines is 1. The zero-order chi connectivity index (χ0) is 30.3. The summed E-state index contributed by atoms with van der Waals surface area (Å²) in [7, 11) is -2.46. The molecule has 12 heteroatoms.